The number of para-hydroxylation sites is 2. The highest BCUT2D eigenvalue weighted by Crippen LogP contribution is 2.26. The van der Waals surface area contributed by atoms with Gasteiger partial charge in [0.2, 0.25) is 0 Å². The van der Waals surface area contributed by atoms with Crippen molar-refractivity contribution in [2.45, 2.75) is 13.8 Å². The van der Waals surface area contributed by atoms with Crippen LogP contribution in [0.15, 0.2) is 48.7 Å². The molecule has 0 radical (unpaired) electrons. The molecule has 0 spiro atoms. The van der Waals surface area contributed by atoms with Gasteiger partial charge in [-0.2, -0.15) is 5.10 Å². The van der Waals surface area contributed by atoms with Gasteiger partial charge < -0.3 is 10.3 Å². The number of nitrogens with zero attached hydrogens (tertiary/aromatic N) is 2. The second kappa shape index (κ2) is 5.90. The number of rotatable bonds is 3. The molecule has 25 heavy (non-hydrogen) atoms. The maximum absolute atomic E-state index is 12.6. The number of hydrogen-bond donors (Lipinski definition) is 3. The maximum Gasteiger partial charge on any atom is 0.256 e. The number of nitrogens with one attached hydrogen (secondary N) is 3. The largest absolute Gasteiger partial charge is 0.337 e. The maximum atomic E-state index is 12.6. The average Bonchev–Trinajstić information content (AvgIpc) is 3.20. The molecule has 0 saturated carbocycles. The first-order chi connectivity index (χ1) is 12.1. The zero-order chi connectivity index (χ0) is 17.4. The highest BCUT2D eigenvalue weighted by atomic mass is 16.1. The summed E-state index contributed by atoms with van der Waals surface area (Å²) in [5.74, 6) is 0.439. The molecule has 4 rings (SSSR count). The Hall–Kier alpha value is -3.41. The van der Waals surface area contributed by atoms with Crippen molar-refractivity contribution in [2.24, 2.45) is 0 Å². The molecule has 2 aromatic carbocycles. The van der Waals surface area contributed by atoms with Crippen molar-refractivity contribution >= 4 is 22.6 Å². The van der Waals surface area contributed by atoms with Crippen molar-refractivity contribution in [3.05, 3.63) is 65.4 Å². The van der Waals surface area contributed by atoms with Crippen molar-refractivity contribution in [3.8, 4) is 11.5 Å². The minimum absolute atomic E-state index is 0.170. The van der Waals surface area contributed by atoms with E-state index in [0.29, 0.717) is 22.8 Å². The van der Waals surface area contributed by atoms with Gasteiger partial charge in [0.25, 0.3) is 5.91 Å². The number of aryl methyl sites for hydroxylation is 2. The summed E-state index contributed by atoms with van der Waals surface area (Å²) in [7, 11) is 0. The lowest BCUT2D eigenvalue weighted by Crippen LogP contribution is -2.13. The lowest BCUT2D eigenvalue weighted by Gasteiger charge is -2.07. The van der Waals surface area contributed by atoms with E-state index < -0.39 is 0 Å². The summed E-state index contributed by atoms with van der Waals surface area (Å²) in [5, 5.41) is 9.95. The van der Waals surface area contributed by atoms with E-state index in [4.69, 9.17) is 0 Å². The summed E-state index contributed by atoms with van der Waals surface area (Å²) in [5.41, 5.74) is 5.65. The summed E-state index contributed by atoms with van der Waals surface area (Å²) >= 11 is 0. The van der Waals surface area contributed by atoms with Crippen LogP contribution in [0, 0.1) is 13.8 Å². The van der Waals surface area contributed by atoms with Crippen LogP contribution < -0.4 is 5.32 Å². The van der Waals surface area contributed by atoms with Gasteiger partial charge in [0, 0.05) is 11.8 Å². The molecule has 3 N–H and O–H groups in total. The van der Waals surface area contributed by atoms with E-state index in [0.717, 1.165) is 22.2 Å². The summed E-state index contributed by atoms with van der Waals surface area (Å²) in [6, 6.07) is 13.5. The monoisotopic (exact) mass is 331 g/mol. The molecule has 6 nitrogen and oxygen atoms in total. The van der Waals surface area contributed by atoms with Crippen LogP contribution in [0.25, 0.3) is 22.6 Å². The summed E-state index contributed by atoms with van der Waals surface area (Å²) in [4.78, 5) is 20.4. The fourth-order valence-electron chi connectivity index (χ4n) is 2.89. The number of fused-ring (bicyclic) bond motifs is 1. The third-order valence-electron chi connectivity index (χ3n) is 4.13. The first-order valence-corrected chi connectivity index (χ1v) is 7.99. The third kappa shape index (κ3) is 2.78. The van der Waals surface area contributed by atoms with Crippen molar-refractivity contribution in [1.82, 2.24) is 20.2 Å². The van der Waals surface area contributed by atoms with Crippen LogP contribution >= 0.6 is 0 Å². The Morgan fingerprint density at radius 2 is 1.96 bits per heavy atom. The van der Waals surface area contributed by atoms with E-state index in [-0.39, 0.29) is 5.91 Å². The Balaban J connectivity index is 1.66. The molecule has 0 saturated heterocycles. The number of anilines is 1. The molecule has 0 aliphatic carbocycles. The van der Waals surface area contributed by atoms with E-state index >= 15 is 0 Å². The lowest BCUT2D eigenvalue weighted by atomic mass is 10.1. The SMILES string of the molecule is Cc1ccc(C(=O)Nc2c[nH]nc2-c2nc3ccccc3[nH]2)c(C)c1. The van der Waals surface area contributed by atoms with Gasteiger partial charge in [-0.15, -0.1) is 0 Å². The third-order valence-corrected chi connectivity index (χ3v) is 4.13. The molecule has 6 heteroatoms. The van der Waals surface area contributed by atoms with E-state index in [2.05, 4.69) is 25.5 Å². The average molecular weight is 331 g/mol. The number of imidazole rings is 1. The second-order valence-electron chi connectivity index (χ2n) is 6.02. The van der Waals surface area contributed by atoms with E-state index in [1.54, 1.807) is 6.20 Å². The van der Waals surface area contributed by atoms with E-state index in [1.807, 2.05) is 56.3 Å². The Morgan fingerprint density at radius 3 is 2.76 bits per heavy atom. The predicted octanol–water partition coefficient (Wildman–Crippen LogP) is 3.82. The highest BCUT2D eigenvalue weighted by Gasteiger charge is 2.16. The molecule has 124 valence electrons. The van der Waals surface area contributed by atoms with Gasteiger partial charge in [0.1, 0.15) is 0 Å². The second-order valence-corrected chi connectivity index (χ2v) is 6.02. The quantitative estimate of drug-likeness (QED) is 0.533. The molecule has 0 aliphatic rings. The standard InChI is InChI=1S/C19H17N5O/c1-11-7-8-13(12(2)9-11)19(25)23-16-10-20-24-17(16)18-21-14-5-3-4-6-15(14)22-18/h3-10H,1-2H3,(H,20,24)(H,21,22)(H,23,25). The van der Waals surface area contributed by atoms with Crippen LogP contribution in [0.2, 0.25) is 0 Å². The zero-order valence-corrected chi connectivity index (χ0v) is 13.9. The highest BCUT2D eigenvalue weighted by molar-refractivity contribution is 6.06. The molecule has 0 fully saturated rings. The molecule has 2 heterocycles. The molecule has 1 amide bonds. The minimum Gasteiger partial charge on any atom is -0.337 e. The number of benzene rings is 2. The number of amides is 1. The number of carbonyl (C=O) groups excluding carboxylic acids is 1. The van der Waals surface area contributed by atoms with Crippen LogP contribution in [-0.4, -0.2) is 26.1 Å². The van der Waals surface area contributed by atoms with Gasteiger partial charge in [0.05, 0.1) is 16.7 Å². The van der Waals surface area contributed by atoms with Crippen LogP contribution in [-0.2, 0) is 0 Å². The molecular weight excluding hydrogens is 314 g/mol. The van der Waals surface area contributed by atoms with Crippen molar-refractivity contribution in [2.75, 3.05) is 5.32 Å². The smallest absolute Gasteiger partial charge is 0.256 e. The molecular formula is C19H17N5O. The summed E-state index contributed by atoms with van der Waals surface area (Å²) < 4.78 is 0. The molecule has 0 bridgehead atoms. The number of carbonyl (C=O) groups is 1. The normalized spacial score (nSPS) is 11.0. The van der Waals surface area contributed by atoms with Crippen LogP contribution in [0.3, 0.4) is 0 Å². The van der Waals surface area contributed by atoms with Gasteiger partial charge in [0.15, 0.2) is 11.5 Å². The molecule has 0 unspecified atom stereocenters. The number of aromatic nitrogens is 4. The topological polar surface area (TPSA) is 86.5 Å². The van der Waals surface area contributed by atoms with Gasteiger partial charge >= 0.3 is 0 Å². The fraction of sp³-hybridized carbons (Fsp3) is 0.105. The Bertz CT molecular complexity index is 1040. The van der Waals surface area contributed by atoms with Gasteiger partial charge in [-0.05, 0) is 37.6 Å². The van der Waals surface area contributed by atoms with Gasteiger partial charge in [-0.1, -0.05) is 29.8 Å². The predicted molar refractivity (Wildman–Crippen MR) is 97.5 cm³/mol. The van der Waals surface area contributed by atoms with Crippen LogP contribution in [0.5, 0.6) is 0 Å². The minimum atomic E-state index is -0.170. The van der Waals surface area contributed by atoms with Crippen LogP contribution in [0.4, 0.5) is 5.69 Å². The summed E-state index contributed by atoms with van der Waals surface area (Å²) in [6.07, 6.45) is 1.66. The molecule has 4 aromatic rings. The zero-order valence-electron chi connectivity index (χ0n) is 13.9. The first-order valence-electron chi connectivity index (χ1n) is 7.99. The Labute approximate surface area is 144 Å². The first kappa shape index (κ1) is 15.1. The van der Waals surface area contributed by atoms with E-state index in [1.165, 1.54) is 0 Å². The summed E-state index contributed by atoms with van der Waals surface area (Å²) in [6.45, 7) is 3.93. The number of aromatic amines is 2. The Morgan fingerprint density at radius 1 is 1.12 bits per heavy atom. The van der Waals surface area contributed by atoms with Crippen molar-refractivity contribution in [1.29, 1.82) is 0 Å². The van der Waals surface area contributed by atoms with Crippen molar-refractivity contribution in [3.63, 3.8) is 0 Å². The van der Waals surface area contributed by atoms with Gasteiger partial charge in [-0.25, -0.2) is 4.98 Å². The lowest BCUT2D eigenvalue weighted by molar-refractivity contribution is 0.102. The fourth-order valence-corrected chi connectivity index (χ4v) is 2.89. The van der Waals surface area contributed by atoms with Gasteiger partial charge in [-0.3, -0.25) is 9.89 Å². The molecule has 2 aromatic heterocycles. The number of H-pyrrole nitrogens is 2. The van der Waals surface area contributed by atoms with Crippen molar-refractivity contribution < 1.29 is 4.79 Å². The number of hydrogen-bond acceptors (Lipinski definition) is 3. The van der Waals surface area contributed by atoms with Crippen LogP contribution in [0.1, 0.15) is 21.5 Å². The molecule has 0 atom stereocenters. The molecule has 0 aliphatic heterocycles. The Kier molecular flexibility index (Phi) is 3.57. The van der Waals surface area contributed by atoms with E-state index in [9.17, 15) is 4.79 Å².